The van der Waals surface area contributed by atoms with E-state index in [0.717, 1.165) is 11.3 Å². The number of aryl methyl sites for hydroxylation is 1. The van der Waals surface area contributed by atoms with Gasteiger partial charge in [0.15, 0.2) is 0 Å². The van der Waals surface area contributed by atoms with Crippen LogP contribution in [-0.2, 0) is 6.54 Å². The van der Waals surface area contributed by atoms with Gasteiger partial charge >= 0.3 is 0 Å². The second-order valence-corrected chi connectivity index (χ2v) is 3.87. The third kappa shape index (κ3) is 3.14. The molecule has 1 N–H and O–H groups in total. The van der Waals surface area contributed by atoms with E-state index in [0.29, 0.717) is 12.1 Å². The van der Waals surface area contributed by atoms with Crippen molar-refractivity contribution in [1.29, 1.82) is 0 Å². The molecule has 0 fully saturated rings. The van der Waals surface area contributed by atoms with Crippen LogP contribution in [0.5, 0.6) is 0 Å². The fraction of sp³-hybridized carbons (Fsp3) is 0.143. The third-order valence-electron chi connectivity index (χ3n) is 2.47. The van der Waals surface area contributed by atoms with Gasteiger partial charge in [-0.15, -0.1) is 0 Å². The molecule has 0 aliphatic heterocycles. The van der Waals surface area contributed by atoms with E-state index in [1.165, 1.54) is 0 Å². The summed E-state index contributed by atoms with van der Waals surface area (Å²) >= 11 is 0. The van der Waals surface area contributed by atoms with Crippen LogP contribution >= 0.6 is 0 Å². The second kappa shape index (κ2) is 5.25. The van der Waals surface area contributed by atoms with E-state index in [-0.39, 0.29) is 5.91 Å². The van der Waals surface area contributed by atoms with Gasteiger partial charge < -0.3 is 5.32 Å². The summed E-state index contributed by atoms with van der Waals surface area (Å²) < 4.78 is 0. The lowest BCUT2D eigenvalue weighted by Crippen LogP contribution is -2.23. The third-order valence-corrected chi connectivity index (χ3v) is 2.47. The van der Waals surface area contributed by atoms with Crippen LogP contribution in [0.15, 0.2) is 48.7 Å². The molecule has 1 aromatic carbocycles. The quantitative estimate of drug-likeness (QED) is 0.872. The van der Waals surface area contributed by atoms with Gasteiger partial charge in [-0.05, 0) is 31.2 Å². The number of benzene rings is 1. The normalized spacial score (nSPS) is 9.94. The Bertz CT molecular complexity index is 491. The summed E-state index contributed by atoms with van der Waals surface area (Å²) in [5.74, 6) is -0.0735. The Morgan fingerprint density at radius 3 is 2.59 bits per heavy atom. The van der Waals surface area contributed by atoms with Gasteiger partial charge in [-0.1, -0.05) is 23.8 Å². The molecule has 1 aromatic heterocycles. The van der Waals surface area contributed by atoms with Crippen molar-refractivity contribution in [1.82, 2.24) is 10.3 Å². The average Bonchev–Trinajstić information content (AvgIpc) is 2.38. The van der Waals surface area contributed by atoms with Crippen LogP contribution in [0.25, 0.3) is 0 Å². The van der Waals surface area contributed by atoms with Crippen LogP contribution in [0.1, 0.15) is 21.6 Å². The van der Waals surface area contributed by atoms with Crippen LogP contribution in [0, 0.1) is 6.92 Å². The summed E-state index contributed by atoms with van der Waals surface area (Å²) in [5.41, 5.74) is 2.67. The number of carbonyl (C=O) groups excluding carboxylic acids is 1. The number of amides is 1. The van der Waals surface area contributed by atoms with Crippen molar-refractivity contribution < 1.29 is 4.79 Å². The number of hydrogen-bond acceptors (Lipinski definition) is 2. The molecular weight excluding hydrogens is 212 g/mol. The SMILES string of the molecule is Cc1ccc(C(=O)NCc2ccccn2)cc1. The number of nitrogens with zero attached hydrogens (tertiary/aromatic N) is 1. The zero-order valence-corrected chi connectivity index (χ0v) is 9.68. The minimum Gasteiger partial charge on any atom is -0.346 e. The van der Waals surface area contributed by atoms with Crippen molar-refractivity contribution >= 4 is 5.91 Å². The molecule has 86 valence electrons. The molecule has 1 amide bonds. The summed E-state index contributed by atoms with van der Waals surface area (Å²) in [6, 6.07) is 13.1. The first-order valence-corrected chi connectivity index (χ1v) is 5.50. The van der Waals surface area contributed by atoms with Crippen LogP contribution in [0.4, 0.5) is 0 Å². The largest absolute Gasteiger partial charge is 0.346 e. The number of aromatic nitrogens is 1. The van der Waals surface area contributed by atoms with E-state index in [4.69, 9.17) is 0 Å². The smallest absolute Gasteiger partial charge is 0.251 e. The fourth-order valence-electron chi connectivity index (χ4n) is 1.48. The number of hydrogen-bond donors (Lipinski definition) is 1. The van der Waals surface area contributed by atoms with Gasteiger partial charge in [0, 0.05) is 11.8 Å². The van der Waals surface area contributed by atoms with Crippen LogP contribution in [0.2, 0.25) is 0 Å². The molecule has 0 bridgehead atoms. The van der Waals surface area contributed by atoms with Crippen molar-refractivity contribution in [3.05, 3.63) is 65.5 Å². The van der Waals surface area contributed by atoms with Crippen molar-refractivity contribution in [2.75, 3.05) is 0 Å². The lowest BCUT2D eigenvalue weighted by atomic mass is 10.1. The predicted molar refractivity (Wildman–Crippen MR) is 66.6 cm³/mol. The van der Waals surface area contributed by atoms with Gasteiger partial charge in [-0.2, -0.15) is 0 Å². The van der Waals surface area contributed by atoms with Crippen LogP contribution in [-0.4, -0.2) is 10.9 Å². The van der Waals surface area contributed by atoms with Gasteiger partial charge in [0.05, 0.1) is 12.2 Å². The molecule has 3 heteroatoms. The van der Waals surface area contributed by atoms with E-state index in [1.807, 2.05) is 49.4 Å². The molecule has 0 atom stereocenters. The second-order valence-electron chi connectivity index (χ2n) is 3.87. The van der Waals surface area contributed by atoms with E-state index < -0.39 is 0 Å². The Labute approximate surface area is 101 Å². The number of rotatable bonds is 3. The maximum Gasteiger partial charge on any atom is 0.251 e. The van der Waals surface area contributed by atoms with E-state index >= 15 is 0 Å². The lowest BCUT2D eigenvalue weighted by molar-refractivity contribution is 0.0950. The maximum atomic E-state index is 11.8. The Morgan fingerprint density at radius 2 is 1.94 bits per heavy atom. The van der Waals surface area contributed by atoms with Gasteiger partial charge in [0.2, 0.25) is 0 Å². The minimum absolute atomic E-state index is 0.0735. The highest BCUT2D eigenvalue weighted by Gasteiger charge is 2.04. The molecule has 0 saturated carbocycles. The first-order chi connectivity index (χ1) is 8.25. The van der Waals surface area contributed by atoms with Crippen molar-refractivity contribution in [2.45, 2.75) is 13.5 Å². The molecule has 2 aromatic rings. The van der Waals surface area contributed by atoms with Gasteiger partial charge in [0.25, 0.3) is 5.91 Å². The zero-order valence-electron chi connectivity index (χ0n) is 9.68. The standard InChI is InChI=1S/C14H14N2O/c1-11-5-7-12(8-6-11)14(17)16-10-13-4-2-3-9-15-13/h2-9H,10H2,1H3,(H,16,17). The highest BCUT2D eigenvalue weighted by molar-refractivity contribution is 5.94. The Kier molecular flexibility index (Phi) is 3.50. The van der Waals surface area contributed by atoms with Crippen molar-refractivity contribution in [2.24, 2.45) is 0 Å². The average molecular weight is 226 g/mol. The highest BCUT2D eigenvalue weighted by Crippen LogP contribution is 2.03. The Morgan fingerprint density at radius 1 is 1.18 bits per heavy atom. The van der Waals surface area contributed by atoms with E-state index in [9.17, 15) is 4.79 Å². The number of nitrogens with one attached hydrogen (secondary N) is 1. The molecule has 0 aliphatic carbocycles. The molecule has 1 heterocycles. The first kappa shape index (κ1) is 11.3. The summed E-state index contributed by atoms with van der Waals surface area (Å²) in [6.45, 7) is 2.45. The monoisotopic (exact) mass is 226 g/mol. The maximum absolute atomic E-state index is 11.8. The molecule has 0 saturated heterocycles. The molecule has 17 heavy (non-hydrogen) atoms. The predicted octanol–water partition coefficient (Wildman–Crippen LogP) is 2.32. The number of carbonyl (C=O) groups is 1. The van der Waals surface area contributed by atoms with Crippen LogP contribution in [0.3, 0.4) is 0 Å². The van der Waals surface area contributed by atoms with Crippen molar-refractivity contribution in [3.63, 3.8) is 0 Å². The first-order valence-electron chi connectivity index (χ1n) is 5.50. The minimum atomic E-state index is -0.0735. The highest BCUT2D eigenvalue weighted by atomic mass is 16.1. The molecule has 2 rings (SSSR count). The van der Waals surface area contributed by atoms with Crippen molar-refractivity contribution in [3.8, 4) is 0 Å². The summed E-state index contributed by atoms with van der Waals surface area (Å²) in [7, 11) is 0. The molecule has 3 nitrogen and oxygen atoms in total. The topological polar surface area (TPSA) is 42.0 Å². The Hall–Kier alpha value is -2.16. The molecule has 0 spiro atoms. The van der Waals surface area contributed by atoms with E-state index in [2.05, 4.69) is 10.3 Å². The fourth-order valence-corrected chi connectivity index (χ4v) is 1.48. The molecule has 0 unspecified atom stereocenters. The summed E-state index contributed by atoms with van der Waals surface area (Å²) in [6.07, 6.45) is 1.72. The summed E-state index contributed by atoms with van der Waals surface area (Å²) in [4.78, 5) is 15.9. The van der Waals surface area contributed by atoms with Gasteiger partial charge in [-0.3, -0.25) is 9.78 Å². The van der Waals surface area contributed by atoms with Crippen LogP contribution < -0.4 is 5.32 Å². The molecule has 0 aliphatic rings. The lowest BCUT2D eigenvalue weighted by Gasteiger charge is -2.04. The molecular formula is C14H14N2O. The zero-order chi connectivity index (χ0) is 12.1. The van der Waals surface area contributed by atoms with Gasteiger partial charge in [0.1, 0.15) is 0 Å². The summed E-state index contributed by atoms with van der Waals surface area (Å²) in [5, 5.41) is 2.83. The molecule has 0 radical (unpaired) electrons. The Balaban J connectivity index is 1.96. The van der Waals surface area contributed by atoms with E-state index in [1.54, 1.807) is 6.20 Å². The number of pyridine rings is 1. The van der Waals surface area contributed by atoms with Gasteiger partial charge in [-0.25, -0.2) is 0 Å².